The molecule has 3 aromatic rings. The fraction of sp³-hybridized carbons (Fsp3) is 0.357. The number of carbonyl (C=O) groups excluding carboxylic acids is 1. The van der Waals surface area contributed by atoms with Crippen molar-refractivity contribution in [1.29, 1.82) is 0 Å². The van der Waals surface area contributed by atoms with E-state index >= 15 is 0 Å². The van der Waals surface area contributed by atoms with Crippen LogP contribution in [0.5, 0.6) is 0 Å². The zero-order valence-electron chi connectivity index (χ0n) is 13.1. The van der Waals surface area contributed by atoms with E-state index in [0.29, 0.717) is 11.7 Å². The summed E-state index contributed by atoms with van der Waals surface area (Å²) in [5.74, 6) is 0.112. The Morgan fingerprint density at radius 2 is 2.21 bits per heavy atom. The van der Waals surface area contributed by atoms with Crippen LogP contribution >= 0.6 is 34.4 Å². The molecule has 3 aromatic heterocycles. The molecule has 1 amide bonds. The van der Waals surface area contributed by atoms with Crippen LogP contribution in [0.4, 0.5) is 5.13 Å². The monoisotopic (exact) mass is 381 g/mol. The van der Waals surface area contributed by atoms with Gasteiger partial charge in [0.25, 0.3) is 0 Å². The molecule has 1 N–H and O–H groups in total. The number of methoxy groups -OCH3 is 1. The molecule has 0 spiro atoms. The number of aryl methyl sites for hydroxylation is 1. The third kappa shape index (κ3) is 4.07. The first-order valence-electron chi connectivity index (χ1n) is 7.17. The fourth-order valence-electron chi connectivity index (χ4n) is 1.95. The van der Waals surface area contributed by atoms with E-state index in [1.165, 1.54) is 28.0 Å². The van der Waals surface area contributed by atoms with Crippen molar-refractivity contribution >= 4 is 55.7 Å². The summed E-state index contributed by atoms with van der Waals surface area (Å²) in [6.07, 6.45) is 2.51. The minimum Gasteiger partial charge on any atom is -0.377 e. The molecule has 126 valence electrons. The van der Waals surface area contributed by atoms with Crippen molar-refractivity contribution in [3.63, 3.8) is 0 Å². The lowest BCUT2D eigenvalue weighted by Gasteiger charge is -2.02. The van der Waals surface area contributed by atoms with Crippen LogP contribution in [0.2, 0.25) is 0 Å². The van der Waals surface area contributed by atoms with E-state index in [2.05, 4.69) is 38.5 Å². The Balaban J connectivity index is 1.62. The number of nitrogens with one attached hydrogen (secondary N) is 1. The smallest absolute Gasteiger partial charge is 0.236 e. The molecule has 0 unspecified atom stereocenters. The summed E-state index contributed by atoms with van der Waals surface area (Å²) in [5.41, 5.74) is 0. The number of anilines is 1. The lowest BCUT2D eigenvalue weighted by Crippen LogP contribution is -2.13. The van der Waals surface area contributed by atoms with Crippen LogP contribution in [0.3, 0.4) is 0 Å². The Bertz CT molecular complexity index is 848. The number of ether oxygens (including phenoxy) is 1. The lowest BCUT2D eigenvalue weighted by molar-refractivity contribution is -0.113. The van der Waals surface area contributed by atoms with E-state index in [0.717, 1.165) is 26.7 Å². The van der Waals surface area contributed by atoms with E-state index in [-0.39, 0.29) is 11.7 Å². The minimum absolute atomic E-state index is 0.141. The number of thioether (sulfide) groups is 1. The highest BCUT2D eigenvalue weighted by Gasteiger charge is 2.12. The zero-order valence-corrected chi connectivity index (χ0v) is 15.6. The highest BCUT2D eigenvalue weighted by Crippen LogP contribution is 2.31. The van der Waals surface area contributed by atoms with Crippen LogP contribution < -0.4 is 5.32 Å². The zero-order chi connectivity index (χ0) is 16.9. The summed E-state index contributed by atoms with van der Waals surface area (Å²) < 4.78 is 4.98. The molecule has 0 atom stereocenters. The van der Waals surface area contributed by atoms with Crippen LogP contribution in [-0.2, 0) is 22.6 Å². The van der Waals surface area contributed by atoms with Gasteiger partial charge >= 0.3 is 0 Å². The van der Waals surface area contributed by atoms with Gasteiger partial charge in [0.2, 0.25) is 11.0 Å². The maximum atomic E-state index is 12.1. The number of hydrogen-bond acceptors (Lipinski definition) is 9. The largest absolute Gasteiger partial charge is 0.377 e. The quantitative estimate of drug-likeness (QED) is 0.497. The Morgan fingerprint density at radius 1 is 1.33 bits per heavy atom. The molecule has 0 bridgehead atoms. The molecule has 3 heterocycles. The van der Waals surface area contributed by atoms with E-state index in [4.69, 9.17) is 4.74 Å². The van der Waals surface area contributed by atoms with Gasteiger partial charge in [-0.2, -0.15) is 0 Å². The second kappa shape index (κ2) is 7.97. The van der Waals surface area contributed by atoms with Crippen molar-refractivity contribution < 1.29 is 9.53 Å². The van der Waals surface area contributed by atoms with Gasteiger partial charge in [0.15, 0.2) is 0 Å². The average molecular weight is 382 g/mol. The second-order valence-electron chi connectivity index (χ2n) is 4.73. The van der Waals surface area contributed by atoms with Gasteiger partial charge in [-0.1, -0.05) is 30.0 Å². The van der Waals surface area contributed by atoms with Crippen LogP contribution in [0.15, 0.2) is 17.4 Å². The second-order valence-corrected chi connectivity index (χ2v) is 7.88. The Morgan fingerprint density at radius 3 is 3.00 bits per heavy atom. The van der Waals surface area contributed by atoms with Crippen LogP contribution in [0.25, 0.3) is 10.2 Å². The summed E-state index contributed by atoms with van der Waals surface area (Å²) in [6, 6.07) is 2.10. The van der Waals surface area contributed by atoms with Crippen molar-refractivity contribution in [2.24, 2.45) is 0 Å². The van der Waals surface area contributed by atoms with Crippen molar-refractivity contribution in [1.82, 2.24) is 20.2 Å². The molecule has 0 aliphatic heterocycles. The SMILES string of the molecule is CCc1cc2c(SCC(=O)Nc3nnc(COC)s3)ncnc2s1. The van der Waals surface area contributed by atoms with Gasteiger partial charge in [0.1, 0.15) is 27.8 Å². The molecule has 0 saturated heterocycles. The van der Waals surface area contributed by atoms with Gasteiger partial charge in [-0.25, -0.2) is 9.97 Å². The molecule has 0 aromatic carbocycles. The standard InChI is InChI=1S/C14H15N5O2S3/c1-3-8-4-9-12(15-7-16-13(9)23-8)22-6-10(20)17-14-19-18-11(24-14)5-21-2/h4,7H,3,5-6H2,1-2H3,(H,17,19,20). The molecule has 3 rings (SSSR count). The number of rotatable bonds is 7. The first-order valence-corrected chi connectivity index (χ1v) is 9.78. The molecule has 0 fully saturated rings. The van der Waals surface area contributed by atoms with E-state index in [1.807, 2.05) is 0 Å². The summed E-state index contributed by atoms with van der Waals surface area (Å²) in [4.78, 5) is 22.9. The Labute approximate surface area is 150 Å². The van der Waals surface area contributed by atoms with E-state index < -0.39 is 0 Å². The molecule has 0 radical (unpaired) electrons. The number of aromatic nitrogens is 4. The summed E-state index contributed by atoms with van der Waals surface area (Å²) in [6.45, 7) is 2.50. The third-order valence-corrected chi connectivity index (χ3v) is 6.02. The van der Waals surface area contributed by atoms with Crippen LogP contribution in [-0.4, -0.2) is 38.9 Å². The average Bonchev–Trinajstić information content (AvgIpc) is 3.19. The van der Waals surface area contributed by atoms with Crippen LogP contribution in [0.1, 0.15) is 16.8 Å². The summed E-state index contributed by atoms with van der Waals surface area (Å²) in [5, 5.41) is 13.6. The van der Waals surface area contributed by atoms with Gasteiger partial charge in [-0.3, -0.25) is 10.1 Å². The molecular formula is C14H15N5O2S3. The summed E-state index contributed by atoms with van der Waals surface area (Å²) in [7, 11) is 1.59. The van der Waals surface area contributed by atoms with E-state index in [1.54, 1.807) is 24.8 Å². The first kappa shape index (κ1) is 17.2. The van der Waals surface area contributed by atoms with Crippen molar-refractivity contribution in [3.05, 3.63) is 22.3 Å². The fourth-order valence-corrected chi connectivity index (χ4v) is 4.45. The molecular weight excluding hydrogens is 366 g/mol. The highest BCUT2D eigenvalue weighted by atomic mass is 32.2. The van der Waals surface area contributed by atoms with Crippen molar-refractivity contribution in [2.45, 2.75) is 25.0 Å². The topological polar surface area (TPSA) is 89.9 Å². The number of hydrogen-bond donors (Lipinski definition) is 1. The minimum atomic E-state index is -0.141. The maximum Gasteiger partial charge on any atom is 0.236 e. The Kier molecular flexibility index (Phi) is 5.72. The maximum absolute atomic E-state index is 12.1. The van der Waals surface area contributed by atoms with Crippen molar-refractivity contribution in [2.75, 3.05) is 18.2 Å². The van der Waals surface area contributed by atoms with Gasteiger partial charge in [-0.05, 0) is 12.5 Å². The number of thiophene rings is 1. The Hall–Kier alpha value is -1.62. The van der Waals surface area contributed by atoms with Gasteiger partial charge < -0.3 is 4.74 Å². The molecule has 0 aliphatic carbocycles. The van der Waals surface area contributed by atoms with Gasteiger partial charge in [0.05, 0.1) is 5.75 Å². The number of amides is 1. The number of nitrogens with zero attached hydrogens (tertiary/aromatic N) is 4. The molecule has 24 heavy (non-hydrogen) atoms. The van der Waals surface area contributed by atoms with Crippen molar-refractivity contribution in [3.8, 4) is 0 Å². The van der Waals surface area contributed by atoms with Gasteiger partial charge in [0, 0.05) is 17.4 Å². The predicted molar refractivity (Wildman–Crippen MR) is 96.8 cm³/mol. The molecule has 10 heteroatoms. The van der Waals surface area contributed by atoms with E-state index in [9.17, 15) is 4.79 Å². The first-order chi connectivity index (χ1) is 11.7. The van der Waals surface area contributed by atoms with Gasteiger partial charge in [-0.15, -0.1) is 21.5 Å². The summed E-state index contributed by atoms with van der Waals surface area (Å²) >= 11 is 4.36. The molecule has 7 nitrogen and oxygen atoms in total. The molecule has 0 saturated carbocycles. The normalized spacial score (nSPS) is 11.1. The number of carbonyl (C=O) groups is 1. The molecule has 0 aliphatic rings. The lowest BCUT2D eigenvalue weighted by atomic mass is 10.3. The highest BCUT2D eigenvalue weighted by molar-refractivity contribution is 8.00. The predicted octanol–water partition coefficient (Wildman–Crippen LogP) is 2.98. The third-order valence-electron chi connectivity index (χ3n) is 3.01. The number of fused-ring (bicyclic) bond motifs is 1. The van der Waals surface area contributed by atoms with Crippen LogP contribution in [0, 0.1) is 0 Å².